The normalized spacial score (nSPS) is 11.8. The van der Waals surface area contributed by atoms with Gasteiger partial charge in [0.15, 0.2) is 0 Å². The lowest BCUT2D eigenvalue weighted by Crippen LogP contribution is -2.29. The van der Waals surface area contributed by atoms with E-state index in [-0.39, 0.29) is 23.1 Å². The molecule has 190 valence electrons. The summed E-state index contributed by atoms with van der Waals surface area (Å²) in [7, 11) is 0. The molecule has 5 aromatic rings. The summed E-state index contributed by atoms with van der Waals surface area (Å²) in [5.41, 5.74) is 4.17. The van der Waals surface area contributed by atoms with Gasteiger partial charge in [0.25, 0.3) is 5.91 Å². The van der Waals surface area contributed by atoms with Crippen LogP contribution in [0.3, 0.4) is 0 Å². The number of carbonyl (C=O) groups is 2. The first-order valence-electron chi connectivity index (χ1n) is 12.3. The Morgan fingerprint density at radius 2 is 1.82 bits per heavy atom. The molecule has 0 unspecified atom stereocenters. The Hall–Kier alpha value is -4.49. The molecule has 2 heterocycles. The maximum absolute atomic E-state index is 13.2. The minimum absolute atomic E-state index is 0.0343. The number of imidazole rings is 1. The highest BCUT2D eigenvalue weighted by Crippen LogP contribution is 2.39. The molecule has 0 bridgehead atoms. The molecule has 38 heavy (non-hydrogen) atoms. The van der Waals surface area contributed by atoms with Crippen LogP contribution in [-0.2, 0) is 0 Å². The van der Waals surface area contributed by atoms with Gasteiger partial charge < -0.3 is 15.4 Å². The molecule has 2 aromatic heterocycles. The fraction of sp³-hybridized carbons (Fsp3) is 0.133. The second-order valence-electron chi connectivity index (χ2n) is 8.90. The number of aromatic amines is 1. The zero-order valence-electron chi connectivity index (χ0n) is 20.6. The highest BCUT2D eigenvalue weighted by atomic mass is 35.5. The molecule has 0 radical (unpaired) electrons. The second-order valence-corrected chi connectivity index (χ2v) is 9.31. The maximum Gasteiger partial charge on any atom is 0.336 e. The predicted octanol–water partition coefficient (Wildman–Crippen LogP) is 6.91. The minimum atomic E-state index is -1.17. The van der Waals surface area contributed by atoms with E-state index in [1.165, 1.54) is 6.07 Å². The molecule has 0 aliphatic rings. The van der Waals surface area contributed by atoms with Crippen LogP contribution in [0.2, 0.25) is 5.02 Å². The zero-order valence-corrected chi connectivity index (χ0v) is 21.4. The van der Waals surface area contributed by atoms with Crippen LogP contribution in [0.25, 0.3) is 33.5 Å². The van der Waals surface area contributed by atoms with Gasteiger partial charge in [0.2, 0.25) is 0 Å². The number of carboxylic acid groups (broad SMARTS) is 1. The third-order valence-electron chi connectivity index (χ3n) is 6.37. The molecule has 5 rings (SSSR count). The van der Waals surface area contributed by atoms with Crippen molar-refractivity contribution in [1.29, 1.82) is 0 Å². The first-order chi connectivity index (χ1) is 18.5. The molecular formula is C30H25ClN4O3. The number of H-pyrrole nitrogens is 1. The van der Waals surface area contributed by atoms with Crippen LogP contribution in [0.15, 0.2) is 85.1 Å². The Bertz CT molecular complexity index is 1600. The fourth-order valence-electron chi connectivity index (χ4n) is 4.56. The van der Waals surface area contributed by atoms with Crippen molar-refractivity contribution in [3.8, 4) is 22.5 Å². The summed E-state index contributed by atoms with van der Waals surface area (Å²) in [6.45, 7) is 2.03. The Morgan fingerprint density at radius 1 is 1.00 bits per heavy atom. The average molecular weight is 525 g/mol. The van der Waals surface area contributed by atoms with Crippen molar-refractivity contribution in [2.45, 2.75) is 25.8 Å². The van der Waals surface area contributed by atoms with E-state index >= 15 is 0 Å². The number of rotatable bonds is 8. The standard InChI is InChI=1S/C30H25ClN4O3/c1-2-8-24(23-11-5-6-16-32-23)35-29(36)18-14-15-19(21(17-18)30(37)38)27-20(9-7-10-22(27)31)28-33-25-12-3-4-13-26(25)34-28/h3-7,9-17,24H,2,8H2,1H3,(H,33,34)(H,35,36)(H,37,38)/t24-/m0/s1. The molecule has 0 spiro atoms. The molecule has 3 N–H and O–H groups in total. The van der Waals surface area contributed by atoms with Crippen LogP contribution in [0.4, 0.5) is 0 Å². The monoisotopic (exact) mass is 524 g/mol. The van der Waals surface area contributed by atoms with Crippen molar-refractivity contribution >= 4 is 34.5 Å². The first kappa shape index (κ1) is 25.2. The molecule has 0 aliphatic heterocycles. The number of para-hydroxylation sites is 2. The number of carboxylic acids is 1. The van der Waals surface area contributed by atoms with Crippen LogP contribution in [0.1, 0.15) is 52.2 Å². The number of amides is 1. The number of fused-ring (bicyclic) bond motifs is 1. The summed E-state index contributed by atoms with van der Waals surface area (Å²) in [5.74, 6) is -0.973. The smallest absolute Gasteiger partial charge is 0.336 e. The number of nitrogens with one attached hydrogen (secondary N) is 2. The molecule has 8 heteroatoms. The quantitative estimate of drug-likeness (QED) is 0.204. The van der Waals surface area contributed by atoms with Gasteiger partial charge in [-0.1, -0.05) is 61.3 Å². The average Bonchev–Trinajstić information content (AvgIpc) is 3.37. The highest BCUT2D eigenvalue weighted by molar-refractivity contribution is 6.34. The molecule has 0 aliphatic carbocycles. The number of benzene rings is 3. The Labute approximate surface area is 224 Å². The second kappa shape index (κ2) is 10.9. The fourth-order valence-corrected chi connectivity index (χ4v) is 4.84. The lowest BCUT2D eigenvalue weighted by atomic mass is 9.93. The number of halogens is 1. The molecule has 1 atom stereocenters. The van der Waals surface area contributed by atoms with Crippen molar-refractivity contribution in [2.24, 2.45) is 0 Å². The molecule has 0 fully saturated rings. The largest absolute Gasteiger partial charge is 0.478 e. The van der Waals surface area contributed by atoms with Crippen molar-refractivity contribution in [2.75, 3.05) is 0 Å². The van der Waals surface area contributed by atoms with Crippen LogP contribution in [0.5, 0.6) is 0 Å². The van der Waals surface area contributed by atoms with Gasteiger partial charge >= 0.3 is 5.97 Å². The number of hydrogen-bond donors (Lipinski definition) is 3. The zero-order chi connectivity index (χ0) is 26.6. The van der Waals surface area contributed by atoms with E-state index in [1.54, 1.807) is 30.5 Å². The van der Waals surface area contributed by atoms with Gasteiger partial charge in [0.05, 0.1) is 28.3 Å². The van der Waals surface area contributed by atoms with Crippen LogP contribution in [-0.4, -0.2) is 31.9 Å². The highest BCUT2D eigenvalue weighted by Gasteiger charge is 2.23. The molecule has 7 nitrogen and oxygen atoms in total. The van der Waals surface area contributed by atoms with E-state index in [0.717, 1.165) is 23.1 Å². The maximum atomic E-state index is 13.2. The Kier molecular flexibility index (Phi) is 7.20. The summed E-state index contributed by atoms with van der Waals surface area (Å²) >= 11 is 6.64. The topological polar surface area (TPSA) is 108 Å². The molecular weight excluding hydrogens is 500 g/mol. The lowest BCUT2D eigenvalue weighted by Gasteiger charge is -2.18. The van der Waals surface area contributed by atoms with Crippen molar-refractivity contribution in [3.63, 3.8) is 0 Å². The molecule has 1 amide bonds. The van der Waals surface area contributed by atoms with Gasteiger partial charge in [-0.05, 0) is 54.4 Å². The molecule has 0 saturated heterocycles. The van der Waals surface area contributed by atoms with Gasteiger partial charge in [0.1, 0.15) is 5.82 Å². The summed E-state index contributed by atoms with van der Waals surface area (Å²) in [5, 5.41) is 13.5. The van der Waals surface area contributed by atoms with Gasteiger partial charge in [-0.2, -0.15) is 0 Å². The van der Waals surface area contributed by atoms with E-state index in [9.17, 15) is 14.7 Å². The van der Waals surface area contributed by atoms with Crippen molar-refractivity contribution in [1.82, 2.24) is 20.3 Å². The Balaban J connectivity index is 1.55. The number of aromatic carboxylic acids is 1. The number of pyridine rings is 1. The summed E-state index contributed by atoms with van der Waals surface area (Å²) in [6.07, 6.45) is 3.23. The van der Waals surface area contributed by atoms with Crippen LogP contribution >= 0.6 is 11.6 Å². The predicted molar refractivity (Wildman–Crippen MR) is 148 cm³/mol. The van der Waals surface area contributed by atoms with E-state index < -0.39 is 5.97 Å². The number of carbonyl (C=O) groups excluding carboxylic acids is 1. The van der Waals surface area contributed by atoms with E-state index in [4.69, 9.17) is 11.6 Å². The van der Waals surface area contributed by atoms with Crippen molar-refractivity contribution in [3.05, 3.63) is 107 Å². The minimum Gasteiger partial charge on any atom is -0.478 e. The number of nitrogens with zero attached hydrogens (tertiary/aromatic N) is 2. The van der Waals surface area contributed by atoms with Gasteiger partial charge in [0, 0.05) is 27.9 Å². The lowest BCUT2D eigenvalue weighted by molar-refractivity contribution is 0.0697. The van der Waals surface area contributed by atoms with Gasteiger partial charge in [-0.3, -0.25) is 9.78 Å². The first-order valence-corrected chi connectivity index (χ1v) is 12.7. The molecule has 0 saturated carbocycles. The van der Waals surface area contributed by atoms with Crippen LogP contribution < -0.4 is 5.32 Å². The van der Waals surface area contributed by atoms with Crippen molar-refractivity contribution < 1.29 is 14.7 Å². The van der Waals surface area contributed by atoms with Gasteiger partial charge in [-0.25, -0.2) is 9.78 Å². The van der Waals surface area contributed by atoms with E-state index in [1.807, 2.05) is 55.5 Å². The third-order valence-corrected chi connectivity index (χ3v) is 6.68. The Morgan fingerprint density at radius 3 is 2.55 bits per heavy atom. The van der Waals surface area contributed by atoms with E-state index in [0.29, 0.717) is 34.0 Å². The van der Waals surface area contributed by atoms with Crippen LogP contribution in [0, 0.1) is 0 Å². The number of hydrogen-bond acceptors (Lipinski definition) is 4. The summed E-state index contributed by atoms with van der Waals surface area (Å²) in [6, 6.07) is 22.9. The van der Waals surface area contributed by atoms with Gasteiger partial charge in [-0.15, -0.1) is 0 Å². The van der Waals surface area contributed by atoms with E-state index in [2.05, 4.69) is 20.3 Å². The SMILES string of the molecule is CCC[C@H](NC(=O)c1ccc(-c2c(Cl)cccc2-c2nc3ccccc3[nH]2)c(C(=O)O)c1)c1ccccn1. The third kappa shape index (κ3) is 5.01. The number of aromatic nitrogens is 3. The molecule has 3 aromatic carbocycles. The summed E-state index contributed by atoms with van der Waals surface area (Å²) < 4.78 is 0. The summed E-state index contributed by atoms with van der Waals surface area (Å²) in [4.78, 5) is 38.0.